The van der Waals surface area contributed by atoms with Gasteiger partial charge in [0.05, 0.1) is 12.0 Å². The monoisotopic (exact) mass is 399 g/mol. The van der Waals surface area contributed by atoms with E-state index in [4.69, 9.17) is 4.74 Å². The molecule has 0 unspecified atom stereocenters. The molecule has 2 aliphatic carbocycles. The normalized spacial score (nSPS) is 35.2. The van der Waals surface area contributed by atoms with Crippen molar-refractivity contribution in [2.24, 2.45) is 23.2 Å². The average molecular weight is 400 g/mol. The molecule has 5 heteroatoms. The SMILES string of the molecule is C=C1CCC[C@]2(C)C[C@H]3OC(=O)[C@@H](CN(C)C[C@H](O)c4ccc(O)cc4)[C@H]3C[C@@H]12. The van der Waals surface area contributed by atoms with Crippen LogP contribution in [0.1, 0.15) is 50.7 Å². The fraction of sp³-hybridized carbons (Fsp3) is 0.625. The van der Waals surface area contributed by atoms with E-state index in [0.29, 0.717) is 19.0 Å². The molecule has 1 aromatic rings. The lowest BCUT2D eigenvalue weighted by Crippen LogP contribution is -2.45. The first kappa shape index (κ1) is 20.4. The third-order valence-electron chi connectivity index (χ3n) is 7.59. The Balaban J connectivity index is 1.41. The third-order valence-corrected chi connectivity index (χ3v) is 7.59. The van der Waals surface area contributed by atoms with Gasteiger partial charge in [-0.1, -0.05) is 31.2 Å². The van der Waals surface area contributed by atoms with E-state index in [1.54, 1.807) is 24.3 Å². The van der Waals surface area contributed by atoms with Crippen LogP contribution >= 0.6 is 0 Å². The number of ether oxygens (including phenoxy) is 1. The summed E-state index contributed by atoms with van der Waals surface area (Å²) in [5.74, 6) is 0.684. The molecule has 1 aliphatic heterocycles. The van der Waals surface area contributed by atoms with E-state index in [2.05, 4.69) is 13.5 Å². The Labute approximate surface area is 173 Å². The van der Waals surface area contributed by atoms with Crippen molar-refractivity contribution >= 4 is 5.97 Å². The van der Waals surface area contributed by atoms with Crippen molar-refractivity contribution in [1.82, 2.24) is 4.90 Å². The molecule has 0 amide bonds. The zero-order valence-electron chi connectivity index (χ0n) is 17.5. The fourth-order valence-electron chi connectivity index (χ4n) is 5.97. The zero-order valence-corrected chi connectivity index (χ0v) is 17.5. The maximum absolute atomic E-state index is 12.7. The van der Waals surface area contributed by atoms with Crippen LogP contribution in [0.2, 0.25) is 0 Å². The number of aliphatic hydroxyl groups is 1. The minimum Gasteiger partial charge on any atom is -0.508 e. The van der Waals surface area contributed by atoms with Crippen LogP contribution in [0.25, 0.3) is 0 Å². The van der Waals surface area contributed by atoms with Crippen LogP contribution in [-0.2, 0) is 9.53 Å². The first-order valence-corrected chi connectivity index (χ1v) is 10.8. The number of rotatable bonds is 5. The molecule has 0 spiro atoms. The van der Waals surface area contributed by atoms with Gasteiger partial charge in [0.15, 0.2) is 0 Å². The Morgan fingerprint density at radius 3 is 2.79 bits per heavy atom. The lowest BCUT2D eigenvalue weighted by Gasteiger charge is -2.50. The highest BCUT2D eigenvalue weighted by molar-refractivity contribution is 5.75. The highest BCUT2D eigenvalue weighted by Crippen LogP contribution is 2.56. The van der Waals surface area contributed by atoms with Gasteiger partial charge in [-0.3, -0.25) is 4.79 Å². The minimum absolute atomic E-state index is 0.0232. The maximum Gasteiger partial charge on any atom is 0.310 e. The smallest absolute Gasteiger partial charge is 0.310 e. The van der Waals surface area contributed by atoms with Gasteiger partial charge in [0.1, 0.15) is 11.9 Å². The average Bonchev–Trinajstić information content (AvgIpc) is 2.94. The van der Waals surface area contributed by atoms with Crippen LogP contribution in [0.4, 0.5) is 0 Å². The van der Waals surface area contributed by atoms with Gasteiger partial charge < -0.3 is 19.8 Å². The van der Waals surface area contributed by atoms with Crippen LogP contribution in [0.5, 0.6) is 5.75 Å². The molecule has 0 radical (unpaired) electrons. The second kappa shape index (κ2) is 7.77. The predicted octanol–water partition coefficient (Wildman–Crippen LogP) is 3.67. The van der Waals surface area contributed by atoms with Crippen molar-refractivity contribution < 1.29 is 19.7 Å². The number of hydrogen-bond donors (Lipinski definition) is 2. The molecular weight excluding hydrogens is 366 g/mol. The molecule has 158 valence electrons. The van der Waals surface area contributed by atoms with E-state index < -0.39 is 6.10 Å². The molecule has 1 heterocycles. The summed E-state index contributed by atoms with van der Waals surface area (Å²) >= 11 is 0. The number of likely N-dealkylation sites (N-methyl/N-ethyl adjacent to an activating group) is 1. The van der Waals surface area contributed by atoms with Gasteiger partial charge in [-0.2, -0.15) is 0 Å². The summed E-state index contributed by atoms with van der Waals surface area (Å²) in [7, 11) is 1.94. The Morgan fingerprint density at radius 1 is 1.34 bits per heavy atom. The van der Waals surface area contributed by atoms with Crippen molar-refractivity contribution in [3.63, 3.8) is 0 Å². The second-order valence-electron chi connectivity index (χ2n) is 9.73. The van der Waals surface area contributed by atoms with Crippen molar-refractivity contribution in [3.8, 4) is 5.75 Å². The highest BCUT2D eigenvalue weighted by atomic mass is 16.6. The number of nitrogens with zero attached hydrogens (tertiary/aromatic N) is 1. The topological polar surface area (TPSA) is 70.0 Å². The third kappa shape index (κ3) is 3.95. The number of phenolic OH excluding ortho intramolecular Hbond substituents is 1. The van der Waals surface area contributed by atoms with Crippen LogP contribution in [0.3, 0.4) is 0 Å². The summed E-state index contributed by atoms with van der Waals surface area (Å²) in [4.78, 5) is 14.7. The Bertz CT molecular complexity index is 776. The molecule has 0 bridgehead atoms. The standard InChI is InChI=1S/C24H33NO4/c1-15-5-4-10-24(2)12-22-18(11-20(15)24)19(23(28)29-22)13-25(3)14-21(27)16-6-8-17(26)9-7-16/h6-9,18-22,26-27H,1,4-5,10-14H2,2-3H3/t18-,19+,20+,21+,22-,24-/m1/s1. The largest absolute Gasteiger partial charge is 0.508 e. The summed E-state index contributed by atoms with van der Waals surface area (Å²) < 4.78 is 5.85. The first-order valence-electron chi connectivity index (χ1n) is 10.8. The lowest BCUT2D eigenvalue weighted by molar-refractivity contribution is -0.146. The van der Waals surface area contributed by atoms with Gasteiger partial charge in [-0.15, -0.1) is 0 Å². The maximum atomic E-state index is 12.7. The molecule has 4 rings (SSSR count). The number of aliphatic hydroxyl groups excluding tert-OH is 1. The molecular formula is C24H33NO4. The molecule has 29 heavy (non-hydrogen) atoms. The number of benzene rings is 1. The number of phenols is 1. The molecule has 5 nitrogen and oxygen atoms in total. The summed E-state index contributed by atoms with van der Waals surface area (Å²) in [5, 5.41) is 19.9. The van der Waals surface area contributed by atoms with Gasteiger partial charge in [-0.25, -0.2) is 0 Å². The number of aromatic hydroxyl groups is 1. The van der Waals surface area contributed by atoms with Crippen molar-refractivity contribution in [2.45, 2.75) is 51.2 Å². The van der Waals surface area contributed by atoms with Crippen molar-refractivity contribution in [1.29, 1.82) is 0 Å². The minimum atomic E-state index is -0.665. The van der Waals surface area contributed by atoms with Crippen LogP contribution in [-0.4, -0.2) is 47.3 Å². The second-order valence-corrected chi connectivity index (χ2v) is 9.73. The molecule has 6 atom stereocenters. The quantitative estimate of drug-likeness (QED) is 0.584. The lowest BCUT2D eigenvalue weighted by atomic mass is 9.55. The summed E-state index contributed by atoms with van der Waals surface area (Å²) in [6.45, 7) is 7.72. The molecule has 1 saturated heterocycles. The van der Waals surface area contributed by atoms with Gasteiger partial charge in [0.25, 0.3) is 0 Å². The van der Waals surface area contributed by atoms with E-state index in [0.717, 1.165) is 24.8 Å². The summed E-state index contributed by atoms with van der Waals surface area (Å²) in [6.07, 6.45) is 4.79. The van der Waals surface area contributed by atoms with E-state index in [9.17, 15) is 15.0 Å². The first-order chi connectivity index (χ1) is 13.8. The van der Waals surface area contributed by atoms with E-state index in [1.807, 2.05) is 11.9 Å². The molecule has 3 aliphatic rings. The molecule has 0 aromatic heterocycles. The zero-order chi connectivity index (χ0) is 20.8. The van der Waals surface area contributed by atoms with Gasteiger partial charge in [-0.05, 0) is 68.2 Å². The Kier molecular flexibility index (Phi) is 5.47. The number of carbonyl (C=O) groups is 1. The summed E-state index contributed by atoms with van der Waals surface area (Å²) in [5.41, 5.74) is 2.33. The Morgan fingerprint density at radius 2 is 2.07 bits per heavy atom. The van der Waals surface area contributed by atoms with E-state index in [1.165, 1.54) is 18.4 Å². The summed E-state index contributed by atoms with van der Waals surface area (Å²) in [6, 6.07) is 6.61. The Hall–Kier alpha value is -1.85. The number of carbonyl (C=O) groups excluding carboxylic acids is 1. The molecule has 2 saturated carbocycles. The molecule has 1 aromatic carbocycles. The molecule has 2 N–H and O–H groups in total. The number of esters is 1. The fourth-order valence-corrected chi connectivity index (χ4v) is 5.97. The highest BCUT2D eigenvalue weighted by Gasteiger charge is 2.55. The number of fused-ring (bicyclic) bond motifs is 2. The van der Waals surface area contributed by atoms with Crippen molar-refractivity contribution in [3.05, 3.63) is 42.0 Å². The van der Waals surface area contributed by atoms with Crippen LogP contribution in [0, 0.1) is 23.2 Å². The van der Waals surface area contributed by atoms with Crippen molar-refractivity contribution in [2.75, 3.05) is 20.1 Å². The van der Waals surface area contributed by atoms with Gasteiger partial charge in [0, 0.05) is 19.0 Å². The molecule has 3 fully saturated rings. The van der Waals surface area contributed by atoms with Gasteiger partial charge in [0.2, 0.25) is 0 Å². The predicted molar refractivity (Wildman–Crippen MR) is 111 cm³/mol. The van der Waals surface area contributed by atoms with E-state index in [-0.39, 0.29) is 35.1 Å². The van der Waals surface area contributed by atoms with E-state index >= 15 is 0 Å². The number of hydrogen-bond acceptors (Lipinski definition) is 5. The van der Waals surface area contributed by atoms with Crippen LogP contribution < -0.4 is 0 Å². The van der Waals surface area contributed by atoms with Gasteiger partial charge >= 0.3 is 5.97 Å². The number of allylic oxidation sites excluding steroid dienone is 1. The van der Waals surface area contributed by atoms with Crippen LogP contribution in [0.15, 0.2) is 36.4 Å².